The highest BCUT2D eigenvalue weighted by Gasteiger charge is 2.42. The molecule has 0 aromatic heterocycles. The molecule has 3 nitrogen and oxygen atoms in total. The van der Waals surface area contributed by atoms with Crippen LogP contribution in [-0.4, -0.2) is 24.2 Å². The summed E-state index contributed by atoms with van der Waals surface area (Å²) in [5, 5.41) is 8.79. The van der Waals surface area contributed by atoms with Crippen molar-refractivity contribution in [2.45, 2.75) is 31.2 Å². The zero-order valence-corrected chi connectivity index (χ0v) is 14.3. The van der Waals surface area contributed by atoms with Gasteiger partial charge in [-0.05, 0) is 68.2 Å². The molecule has 0 spiro atoms. The predicted octanol–water partition coefficient (Wildman–Crippen LogP) is 4.01. The first-order valence-corrected chi connectivity index (χ1v) is 8.52. The zero-order valence-electron chi connectivity index (χ0n) is 13.5. The van der Waals surface area contributed by atoms with Crippen LogP contribution in [0.3, 0.4) is 0 Å². The number of benzene rings is 1. The molecule has 1 aliphatic carbocycles. The molecule has 2 unspecified atom stereocenters. The third-order valence-corrected chi connectivity index (χ3v) is 5.12. The number of halogens is 6. The Bertz CT molecular complexity index is 655. The Morgan fingerprint density at radius 3 is 2.19 bits per heavy atom. The largest absolute Gasteiger partial charge is 0.416 e. The number of alkyl halides is 6. The van der Waals surface area contributed by atoms with E-state index in [0.717, 1.165) is 25.9 Å². The van der Waals surface area contributed by atoms with Gasteiger partial charge >= 0.3 is 12.4 Å². The van der Waals surface area contributed by atoms with Crippen LogP contribution in [-0.2, 0) is 12.4 Å². The van der Waals surface area contributed by atoms with Crippen LogP contribution in [0.2, 0.25) is 0 Å². The molecule has 1 heterocycles. The molecule has 3 N–H and O–H groups in total. The molecule has 1 saturated carbocycles. The highest BCUT2D eigenvalue weighted by atomic mass is 32.1. The lowest BCUT2D eigenvalue weighted by molar-refractivity contribution is -0.143. The number of fused-ring (bicyclic) bond motifs is 1. The topological polar surface area (TPSA) is 36.1 Å². The van der Waals surface area contributed by atoms with Gasteiger partial charge in [0.05, 0.1) is 11.1 Å². The molecule has 10 heteroatoms. The molecule has 2 aliphatic rings. The van der Waals surface area contributed by atoms with Gasteiger partial charge in [0.1, 0.15) is 0 Å². The summed E-state index contributed by atoms with van der Waals surface area (Å²) in [5.74, 6) is 0.956. The maximum atomic E-state index is 12.9. The third kappa shape index (κ3) is 4.22. The second-order valence-corrected chi connectivity index (χ2v) is 7.06. The summed E-state index contributed by atoms with van der Waals surface area (Å²) in [4.78, 5) is 0. The molecule has 144 valence electrons. The van der Waals surface area contributed by atoms with Gasteiger partial charge in [-0.15, -0.1) is 0 Å². The summed E-state index contributed by atoms with van der Waals surface area (Å²) >= 11 is 5.08. The van der Waals surface area contributed by atoms with E-state index in [0.29, 0.717) is 24.0 Å². The number of nitrogens with one attached hydrogen (secondary N) is 3. The van der Waals surface area contributed by atoms with Gasteiger partial charge in [-0.25, -0.2) is 0 Å². The van der Waals surface area contributed by atoms with Crippen LogP contribution in [0, 0.1) is 11.8 Å². The van der Waals surface area contributed by atoms with E-state index < -0.39 is 23.5 Å². The fraction of sp³-hybridized carbons (Fsp3) is 0.562. The van der Waals surface area contributed by atoms with Crippen molar-refractivity contribution in [1.82, 2.24) is 10.6 Å². The fourth-order valence-electron chi connectivity index (χ4n) is 3.56. The van der Waals surface area contributed by atoms with Gasteiger partial charge in [-0.2, -0.15) is 26.3 Å². The quantitative estimate of drug-likeness (QED) is 0.521. The molecule has 3 rings (SSSR count). The lowest BCUT2D eigenvalue weighted by atomic mass is 9.66. The Labute approximate surface area is 151 Å². The summed E-state index contributed by atoms with van der Waals surface area (Å²) < 4.78 is 77.3. The van der Waals surface area contributed by atoms with Crippen molar-refractivity contribution in [2.75, 3.05) is 18.4 Å². The average molecular weight is 397 g/mol. The standard InChI is InChI=1S/C16H17F6N3S/c17-15(18,19)9-4-10(16(20,21)22)6-11(5-9)24-14(26)25-13-3-8-7-23-2-1-12(8)13/h4-6,8,12-13,23H,1-3,7H2,(H2,24,25,26)/t8-,12?,13?/m1/s1. The minimum Gasteiger partial charge on any atom is -0.359 e. The lowest BCUT2D eigenvalue weighted by Crippen LogP contribution is -2.58. The molecular weight excluding hydrogens is 380 g/mol. The number of hydrogen-bond acceptors (Lipinski definition) is 2. The van der Waals surface area contributed by atoms with Crippen molar-refractivity contribution < 1.29 is 26.3 Å². The minimum absolute atomic E-state index is 0.0273. The number of thiocarbonyl (C=S) groups is 1. The van der Waals surface area contributed by atoms with Gasteiger partial charge in [-0.3, -0.25) is 0 Å². The van der Waals surface area contributed by atoms with E-state index in [1.807, 2.05) is 0 Å². The molecule has 26 heavy (non-hydrogen) atoms. The second kappa shape index (κ2) is 6.88. The molecule has 1 aromatic rings. The average Bonchev–Trinajstić information content (AvgIpc) is 2.50. The van der Waals surface area contributed by atoms with E-state index in [1.54, 1.807) is 0 Å². The Kier molecular flexibility index (Phi) is 5.08. The van der Waals surface area contributed by atoms with E-state index in [9.17, 15) is 26.3 Å². The second-order valence-electron chi connectivity index (χ2n) is 6.65. The minimum atomic E-state index is -4.89. The number of hydrogen-bond donors (Lipinski definition) is 3. The maximum Gasteiger partial charge on any atom is 0.416 e. The van der Waals surface area contributed by atoms with Gasteiger partial charge in [0.2, 0.25) is 0 Å². The Morgan fingerprint density at radius 2 is 1.65 bits per heavy atom. The molecule has 3 atom stereocenters. The normalized spacial score (nSPS) is 25.8. The molecule has 0 bridgehead atoms. The van der Waals surface area contributed by atoms with Gasteiger partial charge in [0.25, 0.3) is 0 Å². The summed E-state index contributed by atoms with van der Waals surface area (Å²) in [5.41, 5.74) is -3.09. The van der Waals surface area contributed by atoms with E-state index in [4.69, 9.17) is 12.2 Å². The molecule has 2 fully saturated rings. The smallest absolute Gasteiger partial charge is 0.359 e. The molecule has 0 radical (unpaired) electrons. The van der Waals surface area contributed by atoms with E-state index in [1.165, 1.54) is 0 Å². The molecule has 1 aliphatic heterocycles. The maximum absolute atomic E-state index is 12.9. The van der Waals surface area contributed by atoms with Crippen molar-refractivity contribution in [3.8, 4) is 0 Å². The van der Waals surface area contributed by atoms with Gasteiger partial charge < -0.3 is 16.0 Å². The number of anilines is 1. The van der Waals surface area contributed by atoms with Crippen LogP contribution in [0.15, 0.2) is 18.2 Å². The van der Waals surface area contributed by atoms with Crippen molar-refractivity contribution in [3.05, 3.63) is 29.3 Å². The summed E-state index contributed by atoms with van der Waals surface area (Å²) in [7, 11) is 0. The molecule has 0 amide bonds. The molecular formula is C16H17F6N3S. The zero-order chi connectivity index (χ0) is 19.1. The first kappa shape index (κ1) is 19.2. The number of piperidine rings is 1. The molecule has 1 aromatic carbocycles. The summed E-state index contributed by atoms with van der Waals surface area (Å²) in [6, 6.07) is 1.43. The number of rotatable bonds is 2. The Hall–Kier alpha value is -1.55. The third-order valence-electron chi connectivity index (χ3n) is 4.90. The first-order valence-electron chi connectivity index (χ1n) is 8.12. The fourth-order valence-corrected chi connectivity index (χ4v) is 3.83. The van der Waals surface area contributed by atoms with Crippen molar-refractivity contribution >= 4 is 23.0 Å². The van der Waals surface area contributed by atoms with Crippen LogP contribution < -0.4 is 16.0 Å². The van der Waals surface area contributed by atoms with Gasteiger partial charge in [0, 0.05) is 11.7 Å². The van der Waals surface area contributed by atoms with Crippen molar-refractivity contribution in [3.63, 3.8) is 0 Å². The van der Waals surface area contributed by atoms with Gasteiger partial charge in [-0.1, -0.05) is 0 Å². The summed E-state index contributed by atoms with van der Waals surface area (Å²) in [6.45, 7) is 1.81. The van der Waals surface area contributed by atoms with Crippen LogP contribution in [0.1, 0.15) is 24.0 Å². The highest BCUT2D eigenvalue weighted by molar-refractivity contribution is 7.80. The Morgan fingerprint density at radius 1 is 1.04 bits per heavy atom. The van der Waals surface area contributed by atoms with Crippen LogP contribution in [0.25, 0.3) is 0 Å². The van der Waals surface area contributed by atoms with E-state index >= 15 is 0 Å². The van der Waals surface area contributed by atoms with Crippen LogP contribution in [0.4, 0.5) is 32.0 Å². The lowest BCUT2D eigenvalue weighted by Gasteiger charge is -2.48. The van der Waals surface area contributed by atoms with Crippen LogP contribution >= 0.6 is 12.2 Å². The van der Waals surface area contributed by atoms with Crippen molar-refractivity contribution in [2.24, 2.45) is 11.8 Å². The summed E-state index contributed by atoms with van der Waals surface area (Å²) in [6.07, 6.45) is -7.94. The monoisotopic (exact) mass is 397 g/mol. The van der Waals surface area contributed by atoms with E-state index in [2.05, 4.69) is 16.0 Å². The van der Waals surface area contributed by atoms with Gasteiger partial charge in [0.15, 0.2) is 5.11 Å². The first-order chi connectivity index (χ1) is 12.0. The SMILES string of the molecule is FC(F)(F)c1cc(NC(=S)NC2C[C@@H]3CNCCC23)cc(C(F)(F)F)c1. The molecule has 1 saturated heterocycles. The predicted molar refractivity (Wildman–Crippen MR) is 88.7 cm³/mol. The Balaban J connectivity index is 1.71. The van der Waals surface area contributed by atoms with E-state index in [-0.39, 0.29) is 22.9 Å². The van der Waals surface area contributed by atoms with Crippen molar-refractivity contribution in [1.29, 1.82) is 0 Å². The van der Waals surface area contributed by atoms with Crippen LogP contribution in [0.5, 0.6) is 0 Å². The highest BCUT2D eigenvalue weighted by Crippen LogP contribution is 2.39.